The highest BCUT2D eigenvalue weighted by Crippen LogP contribution is 2.25. The van der Waals surface area contributed by atoms with Gasteiger partial charge in [-0.15, -0.1) is 11.3 Å². The molecule has 88 valence electrons. The quantitative estimate of drug-likeness (QED) is 0.832. The molecule has 1 amide bonds. The van der Waals surface area contributed by atoms with Crippen LogP contribution in [0, 0.1) is 5.82 Å². The van der Waals surface area contributed by atoms with Gasteiger partial charge < -0.3 is 10.4 Å². The van der Waals surface area contributed by atoms with E-state index >= 15 is 0 Å². The number of thiophene rings is 1. The first kappa shape index (κ1) is 12.1. The molecule has 0 bridgehead atoms. The normalized spacial score (nSPS) is 10.2. The number of benzene rings is 1. The maximum absolute atomic E-state index is 13.4. The molecule has 2 rings (SSSR count). The second-order valence-electron chi connectivity index (χ2n) is 3.22. The van der Waals surface area contributed by atoms with Crippen LogP contribution in [0.3, 0.4) is 0 Å². The molecule has 2 aromatic rings. The molecular formula is C11H7BrFNO2S. The second-order valence-corrected chi connectivity index (χ2v) is 4.99. The average molecular weight is 316 g/mol. The molecule has 0 radical (unpaired) electrons. The summed E-state index contributed by atoms with van der Waals surface area (Å²) in [5.41, 5.74) is 0.0353. The summed E-state index contributed by atoms with van der Waals surface area (Å²) >= 11 is 4.48. The van der Waals surface area contributed by atoms with Crippen molar-refractivity contribution >= 4 is 38.9 Å². The predicted octanol–water partition coefficient (Wildman–Crippen LogP) is 3.61. The Morgan fingerprint density at radius 2 is 2.18 bits per heavy atom. The topological polar surface area (TPSA) is 49.3 Å². The van der Waals surface area contributed by atoms with Crippen molar-refractivity contribution < 1.29 is 14.3 Å². The maximum atomic E-state index is 13.4. The highest BCUT2D eigenvalue weighted by atomic mass is 79.9. The van der Waals surface area contributed by atoms with E-state index in [4.69, 9.17) is 5.11 Å². The first-order valence-electron chi connectivity index (χ1n) is 4.61. The van der Waals surface area contributed by atoms with E-state index in [-0.39, 0.29) is 11.4 Å². The standard InChI is InChI=1S/C11H7BrFNO2S/c12-7-3-4-17-10(7)11(16)14-9-2-1-6(15)5-8(9)13/h1-5,15H,(H,14,16). The monoisotopic (exact) mass is 315 g/mol. The fraction of sp³-hybridized carbons (Fsp3) is 0. The zero-order chi connectivity index (χ0) is 12.4. The van der Waals surface area contributed by atoms with Gasteiger partial charge in [-0.25, -0.2) is 4.39 Å². The number of phenolic OH excluding ortho intramolecular Hbond substituents is 1. The number of rotatable bonds is 2. The number of amides is 1. The molecule has 17 heavy (non-hydrogen) atoms. The van der Waals surface area contributed by atoms with Crippen LogP contribution < -0.4 is 5.32 Å². The molecule has 0 aliphatic heterocycles. The summed E-state index contributed by atoms with van der Waals surface area (Å²) in [5, 5.41) is 13.2. The van der Waals surface area contributed by atoms with Gasteiger partial charge in [-0.1, -0.05) is 0 Å². The van der Waals surface area contributed by atoms with Crippen molar-refractivity contribution in [2.75, 3.05) is 5.32 Å². The third-order valence-electron chi connectivity index (χ3n) is 2.02. The van der Waals surface area contributed by atoms with E-state index in [9.17, 15) is 9.18 Å². The van der Waals surface area contributed by atoms with Crippen molar-refractivity contribution in [3.8, 4) is 5.75 Å². The largest absolute Gasteiger partial charge is 0.508 e. The number of carbonyl (C=O) groups excluding carboxylic acids is 1. The van der Waals surface area contributed by atoms with Crippen LogP contribution in [0.2, 0.25) is 0 Å². The lowest BCUT2D eigenvalue weighted by atomic mass is 10.3. The summed E-state index contributed by atoms with van der Waals surface area (Å²) in [4.78, 5) is 12.2. The number of nitrogens with one attached hydrogen (secondary N) is 1. The molecule has 6 heteroatoms. The van der Waals surface area contributed by atoms with Gasteiger partial charge in [0.1, 0.15) is 16.4 Å². The zero-order valence-electron chi connectivity index (χ0n) is 8.41. The van der Waals surface area contributed by atoms with Crippen molar-refractivity contribution in [2.45, 2.75) is 0 Å². The summed E-state index contributed by atoms with van der Waals surface area (Å²) in [5.74, 6) is -1.25. The van der Waals surface area contributed by atoms with Crippen LogP contribution in [-0.2, 0) is 0 Å². The molecule has 1 heterocycles. The zero-order valence-corrected chi connectivity index (χ0v) is 10.8. The molecule has 0 saturated carbocycles. The minimum Gasteiger partial charge on any atom is -0.508 e. The van der Waals surface area contributed by atoms with Gasteiger partial charge in [0.05, 0.1) is 5.69 Å². The molecule has 2 N–H and O–H groups in total. The first-order chi connectivity index (χ1) is 8.08. The lowest BCUT2D eigenvalue weighted by molar-refractivity contribution is 0.102. The molecule has 1 aromatic heterocycles. The highest BCUT2D eigenvalue weighted by Gasteiger charge is 2.13. The predicted molar refractivity (Wildman–Crippen MR) is 68.0 cm³/mol. The summed E-state index contributed by atoms with van der Waals surface area (Å²) in [7, 11) is 0. The Kier molecular flexibility index (Phi) is 3.44. The first-order valence-corrected chi connectivity index (χ1v) is 6.28. The molecular weight excluding hydrogens is 309 g/mol. The Morgan fingerprint density at radius 1 is 1.41 bits per heavy atom. The lowest BCUT2D eigenvalue weighted by Gasteiger charge is -2.05. The van der Waals surface area contributed by atoms with Crippen molar-refractivity contribution in [3.05, 3.63) is 44.8 Å². The van der Waals surface area contributed by atoms with Crippen LogP contribution in [0.1, 0.15) is 9.67 Å². The summed E-state index contributed by atoms with van der Waals surface area (Å²) in [6.07, 6.45) is 0. The van der Waals surface area contributed by atoms with Crippen molar-refractivity contribution in [3.63, 3.8) is 0 Å². The van der Waals surface area contributed by atoms with Crippen LogP contribution in [0.25, 0.3) is 0 Å². The fourth-order valence-electron chi connectivity index (χ4n) is 1.24. The van der Waals surface area contributed by atoms with Crippen LogP contribution in [0.5, 0.6) is 5.75 Å². The van der Waals surface area contributed by atoms with Crippen molar-refractivity contribution in [2.24, 2.45) is 0 Å². The van der Waals surface area contributed by atoms with E-state index in [0.717, 1.165) is 6.07 Å². The number of hydrogen-bond acceptors (Lipinski definition) is 3. The molecule has 0 aliphatic rings. The third kappa shape index (κ3) is 2.65. The Bertz CT molecular complexity index is 570. The van der Waals surface area contributed by atoms with E-state index in [0.29, 0.717) is 9.35 Å². The minimum atomic E-state index is -0.675. The molecule has 0 atom stereocenters. The lowest BCUT2D eigenvalue weighted by Crippen LogP contribution is -2.11. The number of aromatic hydroxyl groups is 1. The number of hydrogen-bond donors (Lipinski definition) is 2. The summed E-state index contributed by atoms with van der Waals surface area (Å²) in [6, 6.07) is 5.30. The summed E-state index contributed by atoms with van der Waals surface area (Å²) < 4.78 is 14.0. The minimum absolute atomic E-state index is 0.0353. The fourth-order valence-corrected chi connectivity index (χ4v) is 2.69. The van der Waals surface area contributed by atoms with Crippen LogP contribution in [0.15, 0.2) is 34.1 Å². The van der Waals surface area contributed by atoms with E-state index in [1.54, 1.807) is 11.4 Å². The van der Waals surface area contributed by atoms with Crippen LogP contribution in [-0.4, -0.2) is 11.0 Å². The SMILES string of the molecule is O=C(Nc1ccc(O)cc1F)c1sccc1Br. The average Bonchev–Trinajstić information content (AvgIpc) is 2.68. The van der Waals surface area contributed by atoms with Gasteiger partial charge in [0.25, 0.3) is 5.91 Å². The van der Waals surface area contributed by atoms with E-state index in [1.807, 2.05) is 0 Å². The molecule has 0 aliphatic carbocycles. The van der Waals surface area contributed by atoms with Gasteiger partial charge in [0.2, 0.25) is 0 Å². The van der Waals surface area contributed by atoms with Gasteiger partial charge in [0.15, 0.2) is 0 Å². The number of phenols is 1. The molecule has 1 aromatic carbocycles. The van der Waals surface area contributed by atoms with Gasteiger partial charge >= 0.3 is 0 Å². The van der Waals surface area contributed by atoms with Crippen molar-refractivity contribution in [1.29, 1.82) is 0 Å². The molecule has 0 fully saturated rings. The van der Waals surface area contributed by atoms with E-state index in [1.165, 1.54) is 23.5 Å². The van der Waals surface area contributed by atoms with Gasteiger partial charge in [-0.3, -0.25) is 4.79 Å². The Hall–Kier alpha value is -1.40. The van der Waals surface area contributed by atoms with Crippen LogP contribution in [0.4, 0.5) is 10.1 Å². The number of anilines is 1. The summed E-state index contributed by atoms with van der Waals surface area (Å²) in [6.45, 7) is 0. The Balaban J connectivity index is 2.22. The smallest absolute Gasteiger partial charge is 0.266 e. The highest BCUT2D eigenvalue weighted by molar-refractivity contribution is 9.10. The molecule has 0 spiro atoms. The second kappa shape index (κ2) is 4.85. The maximum Gasteiger partial charge on any atom is 0.266 e. The number of halogens is 2. The molecule has 3 nitrogen and oxygen atoms in total. The molecule has 0 saturated heterocycles. The van der Waals surface area contributed by atoms with Crippen LogP contribution >= 0.6 is 27.3 Å². The van der Waals surface area contributed by atoms with Crippen molar-refractivity contribution in [1.82, 2.24) is 0 Å². The Morgan fingerprint density at radius 3 is 2.76 bits per heavy atom. The van der Waals surface area contributed by atoms with Gasteiger partial charge in [-0.2, -0.15) is 0 Å². The van der Waals surface area contributed by atoms with Gasteiger partial charge in [0, 0.05) is 10.5 Å². The van der Waals surface area contributed by atoms with E-state index < -0.39 is 11.7 Å². The number of carbonyl (C=O) groups is 1. The third-order valence-corrected chi connectivity index (χ3v) is 3.86. The molecule has 0 unspecified atom stereocenters. The van der Waals surface area contributed by atoms with E-state index in [2.05, 4.69) is 21.2 Å². The Labute approximate surface area is 109 Å². The van der Waals surface area contributed by atoms with Gasteiger partial charge in [-0.05, 0) is 39.5 Å².